The Hall–Kier alpha value is -2.13. The van der Waals surface area contributed by atoms with Gasteiger partial charge in [0.15, 0.2) is 5.78 Å². The van der Waals surface area contributed by atoms with E-state index in [1.165, 1.54) is 6.92 Å². The average Bonchev–Trinajstić information content (AvgIpc) is 2.54. The second-order valence-corrected chi connectivity index (χ2v) is 5.73. The highest BCUT2D eigenvalue weighted by molar-refractivity contribution is 6.45. The standard InChI is InChI=1S/C18H17ClO3/c1-14(20)18(19,12-15-8-4-2-5-9-15)17(21)22-13-16-10-6-3-7-11-16/h2-11H,12-13H2,1H3/t18-/m0/s1. The molecule has 4 heteroatoms. The molecule has 0 aliphatic heterocycles. The third-order valence-corrected chi connectivity index (χ3v) is 3.94. The summed E-state index contributed by atoms with van der Waals surface area (Å²) in [5, 5.41) is 0. The van der Waals surface area contributed by atoms with Crippen molar-refractivity contribution in [1.29, 1.82) is 0 Å². The second-order valence-electron chi connectivity index (χ2n) is 5.08. The van der Waals surface area contributed by atoms with Gasteiger partial charge in [-0.2, -0.15) is 0 Å². The van der Waals surface area contributed by atoms with E-state index in [4.69, 9.17) is 16.3 Å². The van der Waals surface area contributed by atoms with Gasteiger partial charge in [0, 0.05) is 6.42 Å². The third-order valence-electron chi connectivity index (χ3n) is 3.38. The van der Waals surface area contributed by atoms with E-state index in [0.717, 1.165) is 11.1 Å². The van der Waals surface area contributed by atoms with Crippen LogP contribution in [0, 0.1) is 0 Å². The van der Waals surface area contributed by atoms with Crippen LogP contribution in [0.4, 0.5) is 0 Å². The molecule has 114 valence electrons. The van der Waals surface area contributed by atoms with Crippen LogP contribution in [0.3, 0.4) is 0 Å². The molecule has 0 spiro atoms. The summed E-state index contributed by atoms with van der Waals surface area (Å²) in [7, 11) is 0. The maximum Gasteiger partial charge on any atom is 0.335 e. The number of hydrogen-bond donors (Lipinski definition) is 0. The lowest BCUT2D eigenvalue weighted by molar-refractivity contribution is -0.150. The van der Waals surface area contributed by atoms with Crippen LogP contribution in [-0.2, 0) is 27.4 Å². The fraction of sp³-hybridized carbons (Fsp3) is 0.222. The lowest BCUT2D eigenvalue weighted by Gasteiger charge is -2.22. The van der Waals surface area contributed by atoms with Gasteiger partial charge < -0.3 is 4.74 Å². The van der Waals surface area contributed by atoms with E-state index in [2.05, 4.69) is 0 Å². The van der Waals surface area contributed by atoms with Gasteiger partial charge in [-0.05, 0) is 18.1 Å². The SMILES string of the molecule is CC(=O)[C@@](Cl)(Cc1ccccc1)C(=O)OCc1ccccc1. The van der Waals surface area contributed by atoms with Crippen LogP contribution in [0.15, 0.2) is 60.7 Å². The van der Waals surface area contributed by atoms with Crippen molar-refractivity contribution in [1.82, 2.24) is 0 Å². The normalized spacial score (nSPS) is 13.2. The van der Waals surface area contributed by atoms with Crippen LogP contribution in [0.25, 0.3) is 0 Å². The summed E-state index contributed by atoms with van der Waals surface area (Å²) in [6.07, 6.45) is 0.109. The van der Waals surface area contributed by atoms with Crippen molar-refractivity contribution in [3.05, 3.63) is 71.8 Å². The van der Waals surface area contributed by atoms with Crippen LogP contribution in [-0.4, -0.2) is 16.6 Å². The summed E-state index contributed by atoms with van der Waals surface area (Å²) < 4.78 is 5.24. The quantitative estimate of drug-likeness (QED) is 0.465. The monoisotopic (exact) mass is 316 g/mol. The first-order valence-electron chi connectivity index (χ1n) is 6.97. The number of rotatable bonds is 6. The molecule has 0 fully saturated rings. The lowest BCUT2D eigenvalue weighted by Crippen LogP contribution is -2.43. The number of Topliss-reactive ketones (excluding diaryl/α,β-unsaturated/α-hetero) is 1. The van der Waals surface area contributed by atoms with Gasteiger partial charge in [0.1, 0.15) is 6.61 Å². The van der Waals surface area contributed by atoms with Gasteiger partial charge in [-0.15, -0.1) is 0 Å². The van der Waals surface area contributed by atoms with Crippen LogP contribution in [0.2, 0.25) is 0 Å². The summed E-state index contributed by atoms with van der Waals surface area (Å²) in [5.74, 6) is -1.13. The maximum absolute atomic E-state index is 12.3. The predicted molar refractivity (Wildman–Crippen MR) is 85.6 cm³/mol. The zero-order valence-electron chi connectivity index (χ0n) is 12.3. The van der Waals surface area contributed by atoms with Crippen LogP contribution in [0.1, 0.15) is 18.1 Å². The van der Waals surface area contributed by atoms with Gasteiger partial charge in [-0.25, -0.2) is 4.79 Å². The molecule has 0 bridgehead atoms. The Balaban J connectivity index is 2.09. The second kappa shape index (κ2) is 7.23. The molecule has 0 N–H and O–H groups in total. The fourth-order valence-corrected chi connectivity index (χ4v) is 2.26. The number of halogens is 1. The first kappa shape index (κ1) is 16.2. The van der Waals surface area contributed by atoms with E-state index in [1.807, 2.05) is 60.7 Å². The van der Waals surface area contributed by atoms with Crippen molar-refractivity contribution in [3.63, 3.8) is 0 Å². The Morgan fingerprint density at radius 2 is 1.45 bits per heavy atom. The van der Waals surface area contributed by atoms with Crippen molar-refractivity contribution in [3.8, 4) is 0 Å². The molecule has 0 aliphatic rings. The number of alkyl halides is 1. The zero-order chi connectivity index (χ0) is 16.0. The van der Waals surface area contributed by atoms with Crippen LogP contribution < -0.4 is 0 Å². The lowest BCUT2D eigenvalue weighted by atomic mass is 9.95. The molecular weight excluding hydrogens is 300 g/mol. The predicted octanol–water partition coefficient (Wildman–Crippen LogP) is 3.54. The number of carbonyl (C=O) groups is 2. The highest BCUT2D eigenvalue weighted by Crippen LogP contribution is 2.25. The number of ether oxygens (including phenoxy) is 1. The van der Waals surface area contributed by atoms with Gasteiger partial charge in [0.2, 0.25) is 4.87 Å². The van der Waals surface area contributed by atoms with Crippen LogP contribution >= 0.6 is 11.6 Å². The molecule has 0 unspecified atom stereocenters. The summed E-state index contributed by atoms with van der Waals surface area (Å²) in [6, 6.07) is 18.4. The zero-order valence-corrected chi connectivity index (χ0v) is 13.0. The number of esters is 1. The largest absolute Gasteiger partial charge is 0.459 e. The molecule has 0 saturated heterocycles. The minimum Gasteiger partial charge on any atom is -0.459 e. The van der Waals surface area contributed by atoms with Gasteiger partial charge in [-0.3, -0.25) is 4.79 Å². The Labute approximate surface area is 134 Å². The Morgan fingerprint density at radius 3 is 1.95 bits per heavy atom. The van der Waals surface area contributed by atoms with Crippen molar-refractivity contribution in [2.75, 3.05) is 0 Å². The average molecular weight is 317 g/mol. The highest BCUT2D eigenvalue weighted by Gasteiger charge is 2.43. The molecule has 0 radical (unpaired) electrons. The smallest absolute Gasteiger partial charge is 0.335 e. The Morgan fingerprint density at radius 1 is 0.955 bits per heavy atom. The molecule has 0 heterocycles. The van der Waals surface area contributed by atoms with Crippen molar-refractivity contribution < 1.29 is 14.3 Å². The number of ketones is 1. The van der Waals surface area contributed by atoms with Crippen molar-refractivity contribution in [2.45, 2.75) is 24.8 Å². The summed E-state index contributed by atoms with van der Waals surface area (Å²) >= 11 is 6.30. The maximum atomic E-state index is 12.3. The number of hydrogen-bond acceptors (Lipinski definition) is 3. The molecule has 1 atom stereocenters. The summed E-state index contributed by atoms with van der Waals surface area (Å²) in [4.78, 5) is 22.5. The van der Waals surface area contributed by atoms with E-state index < -0.39 is 16.6 Å². The van der Waals surface area contributed by atoms with Crippen LogP contribution in [0.5, 0.6) is 0 Å². The van der Waals surface area contributed by atoms with Gasteiger partial charge in [0.05, 0.1) is 0 Å². The van der Waals surface area contributed by atoms with Gasteiger partial charge in [-0.1, -0.05) is 72.3 Å². The first-order valence-corrected chi connectivity index (χ1v) is 7.35. The van der Waals surface area contributed by atoms with Crippen molar-refractivity contribution in [2.24, 2.45) is 0 Å². The summed E-state index contributed by atoms with van der Waals surface area (Å²) in [5.41, 5.74) is 1.66. The van der Waals surface area contributed by atoms with E-state index in [9.17, 15) is 9.59 Å². The molecule has 0 aliphatic carbocycles. The third kappa shape index (κ3) is 3.95. The topological polar surface area (TPSA) is 43.4 Å². The van der Waals surface area contributed by atoms with Gasteiger partial charge >= 0.3 is 5.97 Å². The minimum atomic E-state index is -1.68. The molecule has 0 aromatic heterocycles. The van der Waals surface area contributed by atoms with E-state index in [0.29, 0.717) is 0 Å². The molecule has 2 aromatic rings. The van der Waals surface area contributed by atoms with E-state index in [1.54, 1.807) is 0 Å². The molecule has 3 nitrogen and oxygen atoms in total. The first-order chi connectivity index (χ1) is 10.5. The van der Waals surface area contributed by atoms with Gasteiger partial charge in [0.25, 0.3) is 0 Å². The molecule has 2 rings (SSSR count). The molecule has 22 heavy (non-hydrogen) atoms. The number of carbonyl (C=O) groups excluding carboxylic acids is 2. The molecular formula is C18H17ClO3. The van der Waals surface area contributed by atoms with E-state index >= 15 is 0 Å². The van der Waals surface area contributed by atoms with Crippen molar-refractivity contribution >= 4 is 23.4 Å². The fourth-order valence-electron chi connectivity index (χ4n) is 2.06. The molecule has 2 aromatic carbocycles. The number of benzene rings is 2. The molecule has 0 amide bonds. The highest BCUT2D eigenvalue weighted by atomic mass is 35.5. The Kier molecular flexibility index (Phi) is 5.34. The summed E-state index contributed by atoms with van der Waals surface area (Å²) in [6.45, 7) is 1.40. The Bertz CT molecular complexity index is 640. The molecule has 0 saturated carbocycles. The van der Waals surface area contributed by atoms with E-state index in [-0.39, 0.29) is 13.0 Å². The minimum absolute atomic E-state index is 0.0935.